The lowest BCUT2D eigenvalue weighted by Crippen LogP contribution is -1.97. The highest BCUT2D eigenvalue weighted by atomic mass is 32.1. The summed E-state index contributed by atoms with van der Waals surface area (Å²) in [6, 6.07) is 3.03. The third kappa shape index (κ3) is 1.29. The molecule has 2 aromatic rings. The number of carbonyl (C=O) groups is 1. The van der Waals surface area contributed by atoms with Crippen molar-refractivity contribution in [1.82, 2.24) is 0 Å². The first-order valence-electron chi connectivity index (χ1n) is 3.73. The molecule has 1 N–H and O–H groups in total. The number of rotatable bonds is 1. The van der Waals surface area contributed by atoms with E-state index in [1.807, 2.05) is 0 Å². The minimum absolute atomic E-state index is 0.0692. The van der Waals surface area contributed by atoms with Crippen molar-refractivity contribution in [2.24, 2.45) is 0 Å². The van der Waals surface area contributed by atoms with Crippen LogP contribution in [0.2, 0.25) is 0 Å². The van der Waals surface area contributed by atoms with E-state index in [0.717, 1.165) is 11.3 Å². The van der Waals surface area contributed by atoms with Crippen LogP contribution in [-0.2, 0) is 0 Å². The van der Waals surface area contributed by atoms with Crippen LogP contribution in [0.1, 0.15) is 10.4 Å². The summed E-state index contributed by atoms with van der Waals surface area (Å²) >= 11 is 5.10. The number of carboxylic acids is 1. The number of halogens is 1. The van der Waals surface area contributed by atoms with Crippen LogP contribution < -0.4 is 0 Å². The van der Waals surface area contributed by atoms with E-state index in [1.165, 1.54) is 17.5 Å². The average Bonchev–Trinajstić information content (AvgIpc) is 2.47. The number of thiophene rings is 1. The van der Waals surface area contributed by atoms with E-state index in [0.29, 0.717) is 15.0 Å². The second-order valence-electron chi connectivity index (χ2n) is 2.73. The lowest BCUT2D eigenvalue weighted by Gasteiger charge is -2.00. The van der Waals surface area contributed by atoms with Gasteiger partial charge in [0.15, 0.2) is 0 Å². The lowest BCUT2D eigenvalue weighted by molar-refractivity contribution is 0.0695. The van der Waals surface area contributed by atoms with Crippen molar-refractivity contribution in [2.45, 2.75) is 4.90 Å². The molecule has 0 aliphatic carbocycles. The minimum atomic E-state index is -1.08. The van der Waals surface area contributed by atoms with Gasteiger partial charge in [-0.25, -0.2) is 9.18 Å². The van der Waals surface area contributed by atoms with E-state index < -0.39 is 5.97 Å². The number of hydrogen-bond donors (Lipinski definition) is 2. The molecule has 1 aromatic heterocycles. The van der Waals surface area contributed by atoms with E-state index in [9.17, 15) is 9.18 Å². The number of aromatic carboxylic acids is 1. The third-order valence-electron chi connectivity index (χ3n) is 1.89. The third-order valence-corrected chi connectivity index (χ3v) is 3.24. The van der Waals surface area contributed by atoms with Gasteiger partial charge in [-0.05, 0) is 12.1 Å². The van der Waals surface area contributed by atoms with Crippen LogP contribution in [0.4, 0.5) is 4.39 Å². The molecule has 0 saturated carbocycles. The lowest BCUT2D eigenvalue weighted by atomic mass is 10.1. The molecule has 1 aromatic carbocycles. The Labute approximate surface area is 88.4 Å². The topological polar surface area (TPSA) is 37.3 Å². The van der Waals surface area contributed by atoms with Gasteiger partial charge in [0.1, 0.15) is 5.82 Å². The molecular formula is C9H5FO2S2. The van der Waals surface area contributed by atoms with E-state index in [2.05, 4.69) is 12.6 Å². The number of fused-ring (bicyclic) bond motifs is 1. The second kappa shape index (κ2) is 3.25. The Kier molecular flexibility index (Phi) is 2.20. The molecule has 0 saturated heterocycles. The molecule has 0 amide bonds. The van der Waals surface area contributed by atoms with Gasteiger partial charge in [0.25, 0.3) is 0 Å². The summed E-state index contributed by atoms with van der Waals surface area (Å²) in [6.45, 7) is 0. The SMILES string of the molecule is O=C(O)c1c(S)ccc2c(F)csc12. The highest BCUT2D eigenvalue weighted by Crippen LogP contribution is 2.31. The Balaban J connectivity index is 2.90. The molecule has 0 atom stereocenters. The molecular weight excluding hydrogens is 223 g/mol. The first-order chi connectivity index (χ1) is 6.61. The Morgan fingerprint density at radius 2 is 2.21 bits per heavy atom. The first-order valence-corrected chi connectivity index (χ1v) is 5.06. The van der Waals surface area contributed by atoms with E-state index in [1.54, 1.807) is 0 Å². The highest BCUT2D eigenvalue weighted by Gasteiger charge is 2.15. The van der Waals surface area contributed by atoms with Gasteiger partial charge >= 0.3 is 5.97 Å². The summed E-state index contributed by atoms with van der Waals surface area (Å²) in [6.07, 6.45) is 0. The predicted molar refractivity (Wildman–Crippen MR) is 56.0 cm³/mol. The van der Waals surface area contributed by atoms with Crippen LogP contribution in [0, 0.1) is 5.82 Å². The first kappa shape index (κ1) is 9.48. The molecule has 2 nitrogen and oxygen atoms in total. The van der Waals surface area contributed by atoms with Crippen molar-refractivity contribution in [3.8, 4) is 0 Å². The Bertz CT molecular complexity index is 519. The molecule has 1 heterocycles. The molecule has 0 aliphatic rings. The zero-order valence-corrected chi connectivity index (χ0v) is 8.53. The van der Waals surface area contributed by atoms with Crippen molar-refractivity contribution in [3.63, 3.8) is 0 Å². The Hall–Kier alpha value is -1.07. The molecule has 0 aliphatic heterocycles. The van der Waals surface area contributed by atoms with Crippen molar-refractivity contribution in [3.05, 3.63) is 28.9 Å². The molecule has 2 rings (SSSR count). The number of carboxylic acid groups (broad SMARTS) is 1. The Morgan fingerprint density at radius 1 is 1.50 bits per heavy atom. The van der Waals surface area contributed by atoms with Crippen LogP contribution in [0.5, 0.6) is 0 Å². The maximum absolute atomic E-state index is 13.1. The van der Waals surface area contributed by atoms with Crippen LogP contribution in [0.15, 0.2) is 22.4 Å². The fourth-order valence-corrected chi connectivity index (χ4v) is 2.58. The molecule has 14 heavy (non-hydrogen) atoms. The van der Waals surface area contributed by atoms with Gasteiger partial charge < -0.3 is 5.11 Å². The molecule has 5 heteroatoms. The van der Waals surface area contributed by atoms with Crippen molar-refractivity contribution in [1.29, 1.82) is 0 Å². The van der Waals surface area contributed by atoms with Gasteiger partial charge in [0.05, 0.1) is 10.3 Å². The molecule has 0 spiro atoms. The van der Waals surface area contributed by atoms with Crippen LogP contribution in [0.25, 0.3) is 10.1 Å². The molecule has 72 valence electrons. The predicted octanol–water partition coefficient (Wildman–Crippen LogP) is 3.03. The monoisotopic (exact) mass is 228 g/mol. The number of thiol groups is 1. The molecule has 0 fully saturated rings. The fraction of sp³-hybridized carbons (Fsp3) is 0. The summed E-state index contributed by atoms with van der Waals surface area (Å²) in [7, 11) is 0. The largest absolute Gasteiger partial charge is 0.478 e. The molecule has 0 bridgehead atoms. The van der Waals surface area contributed by atoms with E-state index in [4.69, 9.17) is 5.11 Å². The van der Waals surface area contributed by atoms with E-state index in [-0.39, 0.29) is 11.4 Å². The summed E-state index contributed by atoms with van der Waals surface area (Å²) in [4.78, 5) is 11.2. The summed E-state index contributed by atoms with van der Waals surface area (Å²) in [5.41, 5.74) is 0.0692. The van der Waals surface area contributed by atoms with Gasteiger partial charge in [-0.3, -0.25) is 0 Å². The summed E-state index contributed by atoms with van der Waals surface area (Å²) in [5, 5.41) is 10.5. The van der Waals surface area contributed by atoms with Crippen molar-refractivity contribution < 1.29 is 14.3 Å². The highest BCUT2D eigenvalue weighted by molar-refractivity contribution is 7.80. The standard InChI is InChI=1S/C9H5FO2S2/c10-5-3-14-8-4(5)1-2-6(13)7(8)9(11)12/h1-3,13H,(H,11,12). The average molecular weight is 228 g/mol. The van der Waals surface area contributed by atoms with Gasteiger partial charge in [-0.2, -0.15) is 0 Å². The molecule has 0 unspecified atom stereocenters. The zero-order valence-electron chi connectivity index (χ0n) is 6.82. The summed E-state index contributed by atoms with van der Waals surface area (Å²) < 4.78 is 13.5. The van der Waals surface area contributed by atoms with Gasteiger partial charge in [0, 0.05) is 15.7 Å². The van der Waals surface area contributed by atoms with Crippen molar-refractivity contribution >= 4 is 40.0 Å². The zero-order chi connectivity index (χ0) is 10.3. The fourth-order valence-electron chi connectivity index (χ4n) is 1.26. The van der Waals surface area contributed by atoms with Crippen LogP contribution >= 0.6 is 24.0 Å². The van der Waals surface area contributed by atoms with Crippen LogP contribution in [0.3, 0.4) is 0 Å². The van der Waals surface area contributed by atoms with Gasteiger partial charge in [-0.1, -0.05) is 0 Å². The summed E-state index contributed by atoms with van der Waals surface area (Å²) in [5.74, 6) is -1.47. The number of benzene rings is 1. The van der Waals surface area contributed by atoms with Gasteiger partial charge in [0.2, 0.25) is 0 Å². The smallest absolute Gasteiger partial charge is 0.338 e. The minimum Gasteiger partial charge on any atom is -0.478 e. The maximum atomic E-state index is 13.1. The second-order valence-corrected chi connectivity index (χ2v) is 4.09. The normalized spacial score (nSPS) is 10.7. The van der Waals surface area contributed by atoms with Crippen LogP contribution in [-0.4, -0.2) is 11.1 Å². The molecule has 0 radical (unpaired) electrons. The van der Waals surface area contributed by atoms with E-state index >= 15 is 0 Å². The quantitative estimate of drug-likeness (QED) is 0.736. The van der Waals surface area contributed by atoms with Gasteiger partial charge in [-0.15, -0.1) is 24.0 Å². The number of hydrogen-bond acceptors (Lipinski definition) is 3. The Morgan fingerprint density at radius 3 is 2.86 bits per heavy atom. The maximum Gasteiger partial charge on any atom is 0.338 e. The van der Waals surface area contributed by atoms with Crippen molar-refractivity contribution in [2.75, 3.05) is 0 Å².